The standard InChI is InChI=1S/C20H23N5O5S2/c1-5-29-19(28)14-11(4)15(16(21)27)32-18(14)22-13(26)9-31-20-24-23-17(25(20)10(2)3)12-7-6-8-30-12/h6-8,10H,5,9H2,1-4H3,(H2,21,27)(H,22,26). The molecule has 10 nitrogen and oxygen atoms in total. The second-order valence-electron chi connectivity index (χ2n) is 6.93. The molecule has 32 heavy (non-hydrogen) atoms. The molecule has 0 fully saturated rings. The van der Waals surface area contributed by atoms with Crippen LogP contribution in [0.3, 0.4) is 0 Å². The van der Waals surface area contributed by atoms with Crippen LogP contribution in [0.15, 0.2) is 28.0 Å². The molecule has 3 N–H and O–H groups in total. The van der Waals surface area contributed by atoms with Crippen molar-refractivity contribution < 1.29 is 23.5 Å². The zero-order valence-corrected chi connectivity index (χ0v) is 19.6. The number of anilines is 1. The number of aromatic nitrogens is 3. The number of hydrogen-bond donors (Lipinski definition) is 2. The topological polar surface area (TPSA) is 142 Å². The summed E-state index contributed by atoms with van der Waals surface area (Å²) in [6.45, 7) is 7.38. The quantitative estimate of drug-likeness (QED) is 0.352. The zero-order chi connectivity index (χ0) is 23.4. The molecule has 0 aliphatic rings. The summed E-state index contributed by atoms with van der Waals surface area (Å²) in [5.41, 5.74) is 5.92. The Hall–Kier alpha value is -3.12. The van der Waals surface area contributed by atoms with E-state index in [4.69, 9.17) is 14.9 Å². The molecule has 0 radical (unpaired) electrons. The largest absolute Gasteiger partial charge is 0.462 e. The van der Waals surface area contributed by atoms with Gasteiger partial charge in [0.05, 0.1) is 29.1 Å². The van der Waals surface area contributed by atoms with E-state index in [0.29, 0.717) is 22.3 Å². The number of nitrogens with two attached hydrogens (primary N) is 1. The van der Waals surface area contributed by atoms with Gasteiger partial charge in [-0.2, -0.15) is 0 Å². The maximum Gasteiger partial charge on any atom is 0.341 e. The van der Waals surface area contributed by atoms with Crippen LogP contribution >= 0.6 is 23.1 Å². The normalized spacial score (nSPS) is 11.0. The fourth-order valence-electron chi connectivity index (χ4n) is 2.99. The summed E-state index contributed by atoms with van der Waals surface area (Å²) in [4.78, 5) is 36.9. The number of carbonyl (C=O) groups is 3. The van der Waals surface area contributed by atoms with Gasteiger partial charge in [-0.15, -0.1) is 21.5 Å². The molecule has 0 spiro atoms. The first kappa shape index (κ1) is 23.5. The fraction of sp³-hybridized carbons (Fsp3) is 0.350. The fourth-order valence-corrected chi connectivity index (χ4v) is 4.92. The van der Waals surface area contributed by atoms with Crippen molar-refractivity contribution in [2.24, 2.45) is 5.73 Å². The van der Waals surface area contributed by atoms with Gasteiger partial charge in [-0.05, 0) is 45.4 Å². The van der Waals surface area contributed by atoms with E-state index in [9.17, 15) is 14.4 Å². The Morgan fingerprint density at radius 3 is 2.69 bits per heavy atom. The van der Waals surface area contributed by atoms with E-state index in [1.165, 1.54) is 11.8 Å². The predicted octanol–water partition coefficient (Wildman–Crippen LogP) is 3.50. The van der Waals surface area contributed by atoms with Gasteiger partial charge in [-0.3, -0.25) is 14.2 Å². The second-order valence-corrected chi connectivity index (χ2v) is 8.89. The van der Waals surface area contributed by atoms with Gasteiger partial charge in [0.25, 0.3) is 5.91 Å². The number of hydrogen-bond acceptors (Lipinski definition) is 9. The van der Waals surface area contributed by atoms with Crippen molar-refractivity contribution in [1.29, 1.82) is 0 Å². The molecule has 3 aromatic rings. The number of furan rings is 1. The minimum absolute atomic E-state index is 0.00806. The number of thioether (sulfide) groups is 1. The third kappa shape index (κ3) is 4.86. The summed E-state index contributed by atoms with van der Waals surface area (Å²) in [5, 5.41) is 11.8. The highest BCUT2D eigenvalue weighted by atomic mass is 32.2. The third-order valence-electron chi connectivity index (χ3n) is 4.36. The first-order chi connectivity index (χ1) is 15.2. The van der Waals surface area contributed by atoms with Crippen LogP contribution in [-0.2, 0) is 9.53 Å². The number of carbonyl (C=O) groups excluding carboxylic acids is 3. The highest BCUT2D eigenvalue weighted by Crippen LogP contribution is 2.34. The van der Waals surface area contributed by atoms with Crippen LogP contribution in [0.1, 0.15) is 52.4 Å². The lowest BCUT2D eigenvalue weighted by Gasteiger charge is -2.12. The van der Waals surface area contributed by atoms with Gasteiger partial charge in [0.15, 0.2) is 10.9 Å². The summed E-state index contributed by atoms with van der Waals surface area (Å²) in [5.74, 6) is -0.528. The Kier molecular flexibility index (Phi) is 7.36. The summed E-state index contributed by atoms with van der Waals surface area (Å²) < 4.78 is 12.4. The average Bonchev–Trinajstić information content (AvgIpc) is 3.44. The van der Waals surface area contributed by atoms with Crippen LogP contribution in [-0.4, -0.2) is 44.9 Å². The highest BCUT2D eigenvalue weighted by Gasteiger charge is 2.26. The third-order valence-corrected chi connectivity index (χ3v) is 6.52. The SMILES string of the molecule is CCOC(=O)c1c(NC(=O)CSc2nnc(-c3ccco3)n2C(C)C)sc(C(N)=O)c1C. The van der Waals surface area contributed by atoms with Crippen molar-refractivity contribution in [2.45, 2.75) is 38.9 Å². The van der Waals surface area contributed by atoms with Crippen LogP contribution in [0.5, 0.6) is 0 Å². The summed E-state index contributed by atoms with van der Waals surface area (Å²) >= 11 is 2.14. The minimum Gasteiger partial charge on any atom is -0.462 e. The smallest absolute Gasteiger partial charge is 0.341 e. The van der Waals surface area contributed by atoms with Gasteiger partial charge < -0.3 is 20.2 Å². The van der Waals surface area contributed by atoms with E-state index < -0.39 is 11.9 Å². The van der Waals surface area contributed by atoms with Crippen molar-refractivity contribution in [1.82, 2.24) is 14.8 Å². The maximum atomic E-state index is 12.7. The molecule has 0 bridgehead atoms. The first-order valence-corrected chi connectivity index (χ1v) is 11.6. The van der Waals surface area contributed by atoms with E-state index >= 15 is 0 Å². The van der Waals surface area contributed by atoms with Crippen LogP contribution in [0.25, 0.3) is 11.6 Å². The highest BCUT2D eigenvalue weighted by molar-refractivity contribution is 7.99. The molecule has 0 aliphatic carbocycles. The summed E-state index contributed by atoms with van der Waals surface area (Å²) in [6, 6.07) is 3.58. The second kappa shape index (κ2) is 10.0. The number of rotatable bonds is 9. The van der Waals surface area contributed by atoms with E-state index in [1.807, 2.05) is 18.4 Å². The van der Waals surface area contributed by atoms with E-state index in [0.717, 1.165) is 11.3 Å². The van der Waals surface area contributed by atoms with Gasteiger partial charge in [0, 0.05) is 6.04 Å². The number of nitrogens with one attached hydrogen (secondary N) is 1. The number of primary amides is 1. The van der Waals surface area contributed by atoms with Crippen molar-refractivity contribution in [3.63, 3.8) is 0 Å². The summed E-state index contributed by atoms with van der Waals surface area (Å²) in [7, 11) is 0. The monoisotopic (exact) mass is 477 g/mol. The van der Waals surface area contributed by atoms with Gasteiger partial charge in [0.2, 0.25) is 11.7 Å². The van der Waals surface area contributed by atoms with E-state index in [-0.39, 0.29) is 39.8 Å². The predicted molar refractivity (Wildman–Crippen MR) is 121 cm³/mol. The summed E-state index contributed by atoms with van der Waals surface area (Å²) in [6.07, 6.45) is 1.55. The zero-order valence-electron chi connectivity index (χ0n) is 18.0. The Bertz CT molecular complexity index is 1130. The first-order valence-electron chi connectivity index (χ1n) is 9.76. The molecule has 170 valence electrons. The van der Waals surface area contributed by atoms with Crippen molar-refractivity contribution in [2.75, 3.05) is 17.7 Å². The molecule has 0 saturated carbocycles. The number of ether oxygens (including phenoxy) is 1. The van der Waals surface area contributed by atoms with E-state index in [2.05, 4.69) is 15.5 Å². The van der Waals surface area contributed by atoms with Gasteiger partial charge in [0.1, 0.15) is 5.00 Å². The minimum atomic E-state index is -0.677. The van der Waals surface area contributed by atoms with Gasteiger partial charge in [-0.1, -0.05) is 11.8 Å². The molecule has 2 amide bonds. The van der Waals surface area contributed by atoms with E-state index in [1.54, 1.807) is 32.2 Å². The molecule has 0 atom stereocenters. The molecular weight excluding hydrogens is 454 g/mol. The van der Waals surface area contributed by atoms with Crippen molar-refractivity contribution >= 4 is 45.9 Å². The lowest BCUT2D eigenvalue weighted by Crippen LogP contribution is -2.17. The van der Waals surface area contributed by atoms with Gasteiger partial charge >= 0.3 is 5.97 Å². The number of amides is 2. The molecule has 0 aliphatic heterocycles. The molecule has 12 heteroatoms. The Morgan fingerprint density at radius 1 is 1.34 bits per heavy atom. The average molecular weight is 478 g/mol. The van der Waals surface area contributed by atoms with Crippen molar-refractivity contribution in [3.05, 3.63) is 34.4 Å². The Labute approximate surface area is 192 Å². The van der Waals surface area contributed by atoms with Crippen molar-refractivity contribution in [3.8, 4) is 11.6 Å². The van der Waals surface area contributed by atoms with Gasteiger partial charge in [-0.25, -0.2) is 4.79 Å². The molecule has 0 saturated heterocycles. The molecule has 3 heterocycles. The van der Waals surface area contributed by atoms with Crippen LogP contribution in [0.2, 0.25) is 0 Å². The molecule has 0 unspecified atom stereocenters. The molecule has 3 aromatic heterocycles. The van der Waals surface area contributed by atoms with Crippen LogP contribution < -0.4 is 11.1 Å². The number of nitrogens with zero attached hydrogens (tertiary/aromatic N) is 3. The lowest BCUT2D eigenvalue weighted by molar-refractivity contribution is -0.113. The molecule has 3 rings (SSSR count). The maximum absolute atomic E-state index is 12.7. The van der Waals surface area contributed by atoms with Crippen LogP contribution in [0.4, 0.5) is 5.00 Å². The Balaban J connectivity index is 1.78. The Morgan fingerprint density at radius 2 is 2.09 bits per heavy atom. The molecular formula is C20H23N5O5S2. The number of esters is 1. The number of thiophene rings is 1. The molecule has 0 aromatic carbocycles. The van der Waals surface area contributed by atoms with Crippen LogP contribution in [0, 0.1) is 6.92 Å². The lowest BCUT2D eigenvalue weighted by atomic mass is 10.1.